The van der Waals surface area contributed by atoms with Crippen molar-refractivity contribution in [3.05, 3.63) is 52.5 Å². The van der Waals surface area contributed by atoms with Crippen molar-refractivity contribution in [2.75, 3.05) is 25.9 Å². The number of nitrogens with zero attached hydrogens (tertiary/aromatic N) is 5. The number of nitrogen functional groups attached to an aromatic ring is 1. The summed E-state index contributed by atoms with van der Waals surface area (Å²) in [5.74, 6) is -1.58. The van der Waals surface area contributed by atoms with Crippen LogP contribution in [0, 0.1) is 18.6 Å². The van der Waals surface area contributed by atoms with Gasteiger partial charge in [-0.2, -0.15) is 9.07 Å². The standard InChI is InChI=1S/C23H23F2N7OS/c1-12-9-18(34-21(12)13-5-7-27-8-6-13)14-10-15(22(26)28-11-14)23-29-30-31-32(23)16-3-4-17(33-2)20(25)19(16)24/h3-4,9-11,13,27H,5-8H2,1-2H3,(H2,26,28). The van der Waals surface area contributed by atoms with Gasteiger partial charge in [0.1, 0.15) is 11.5 Å². The molecule has 0 radical (unpaired) electrons. The Morgan fingerprint density at radius 1 is 1.18 bits per heavy atom. The molecular weight excluding hydrogens is 460 g/mol. The first-order valence-electron chi connectivity index (χ1n) is 10.9. The number of halogens is 2. The topological polar surface area (TPSA) is 104 Å². The van der Waals surface area contributed by atoms with Gasteiger partial charge in [0.15, 0.2) is 17.4 Å². The second-order valence-corrected chi connectivity index (χ2v) is 9.25. The molecule has 0 spiro atoms. The lowest BCUT2D eigenvalue weighted by Gasteiger charge is -2.22. The van der Waals surface area contributed by atoms with Crippen molar-refractivity contribution in [3.63, 3.8) is 0 Å². The first-order chi connectivity index (χ1) is 16.5. The third-order valence-corrected chi connectivity index (χ3v) is 7.50. The monoisotopic (exact) mass is 483 g/mol. The molecule has 0 bridgehead atoms. The molecule has 4 heterocycles. The summed E-state index contributed by atoms with van der Waals surface area (Å²) < 4.78 is 35.0. The Morgan fingerprint density at radius 3 is 2.74 bits per heavy atom. The number of aryl methyl sites for hydroxylation is 1. The minimum atomic E-state index is -1.13. The predicted octanol–water partition coefficient (Wildman–Crippen LogP) is 4.10. The second-order valence-electron chi connectivity index (χ2n) is 8.17. The largest absolute Gasteiger partial charge is 0.494 e. The lowest BCUT2D eigenvalue weighted by atomic mass is 9.94. The van der Waals surface area contributed by atoms with Crippen molar-refractivity contribution in [1.82, 2.24) is 30.5 Å². The molecule has 0 saturated carbocycles. The highest BCUT2D eigenvalue weighted by molar-refractivity contribution is 7.15. The molecule has 11 heteroatoms. The Balaban J connectivity index is 1.55. The van der Waals surface area contributed by atoms with Crippen LogP contribution in [0.1, 0.15) is 29.2 Å². The zero-order valence-corrected chi connectivity index (χ0v) is 19.5. The van der Waals surface area contributed by atoms with E-state index in [2.05, 4.69) is 38.8 Å². The fraction of sp³-hybridized carbons (Fsp3) is 0.304. The Labute approximate surface area is 198 Å². The Morgan fingerprint density at radius 2 is 1.97 bits per heavy atom. The molecule has 5 rings (SSSR count). The smallest absolute Gasteiger partial charge is 0.202 e. The number of anilines is 1. The van der Waals surface area contributed by atoms with E-state index in [0.29, 0.717) is 11.5 Å². The van der Waals surface area contributed by atoms with Gasteiger partial charge in [0, 0.05) is 21.5 Å². The average molecular weight is 484 g/mol. The molecule has 1 aliphatic rings. The number of hydrogen-bond acceptors (Lipinski definition) is 8. The van der Waals surface area contributed by atoms with Gasteiger partial charge in [-0.15, -0.1) is 16.4 Å². The van der Waals surface area contributed by atoms with E-state index >= 15 is 0 Å². The average Bonchev–Trinajstić information content (AvgIpc) is 3.49. The number of benzene rings is 1. The van der Waals surface area contributed by atoms with Crippen molar-refractivity contribution >= 4 is 17.2 Å². The van der Waals surface area contributed by atoms with Crippen LogP contribution in [0.25, 0.3) is 27.5 Å². The van der Waals surface area contributed by atoms with Gasteiger partial charge in [0.2, 0.25) is 5.82 Å². The first-order valence-corrected chi connectivity index (χ1v) is 11.7. The highest BCUT2D eigenvalue weighted by atomic mass is 32.1. The number of methoxy groups -OCH3 is 1. The minimum Gasteiger partial charge on any atom is -0.494 e. The zero-order chi connectivity index (χ0) is 23.8. The summed E-state index contributed by atoms with van der Waals surface area (Å²) >= 11 is 1.75. The molecule has 3 aromatic heterocycles. The molecule has 1 aliphatic heterocycles. The molecule has 0 amide bonds. The SMILES string of the molecule is COc1ccc(-n2nnnc2-c2cc(-c3cc(C)c(C4CCNCC4)s3)cnc2N)c(F)c1F. The maximum atomic E-state index is 14.8. The van der Waals surface area contributed by atoms with Crippen LogP contribution in [0.4, 0.5) is 14.6 Å². The van der Waals surface area contributed by atoms with Crippen LogP contribution >= 0.6 is 11.3 Å². The summed E-state index contributed by atoms with van der Waals surface area (Å²) in [4.78, 5) is 6.78. The quantitative estimate of drug-likeness (QED) is 0.440. The Hall–Kier alpha value is -3.44. The lowest BCUT2D eigenvalue weighted by Crippen LogP contribution is -2.26. The van der Waals surface area contributed by atoms with Crippen LogP contribution in [0.3, 0.4) is 0 Å². The number of hydrogen-bond donors (Lipinski definition) is 2. The molecule has 0 aliphatic carbocycles. The Bertz CT molecular complexity index is 1350. The number of ether oxygens (including phenoxy) is 1. The number of thiophene rings is 1. The van der Waals surface area contributed by atoms with E-state index in [0.717, 1.165) is 41.1 Å². The molecule has 0 atom stereocenters. The minimum absolute atomic E-state index is 0.155. The van der Waals surface area contributed by atoms with E-state index in [-0.39, 0.29) is 23.1 Å². The highest BCUT2D eigenvalue weighted by Crippen LogP contribution is 2.40. The molecule has 1 aromatic carbocycles. The van der Waals surface area contributed by atoms with Crippen LogP contribution in [0.2, 0.25) is 0 Å². The molecule has 1 fully saturated rings. The third-order valence-electron chi connectivity index (χ3n) is 6.05. The van der Waals surface area contributed by atoms with Crippen molar-refractivity contribution in [1.29, 1.82) is 0 Å². The van der Waals surface area contributed by atoms with Crippen LogP contribution in [-0.4, -0.2) is 45.4 Å². The van der Waals surface area contributed by atoms with Crippen LogP contribution in [0.15, 0.2) is 30.5 Å². The van der Waals surface area contributed by atoms with E-state index in [1.54, 1.807) is 17.5 Å². The summed E-state index contributed by atoms with van der Waals surface area (Å²) in [6.45, 7) is 4.18. The van der Waals surface area contributed by atoms with Crippen LogP contribution in [-0.2, 0) is 0 Å². The van der Waals surface area contributed by atoms with Crippen molar-refractivity contribution < 1.29 is 13.5 Å². The Kier molecular flexibility index (Phi) is 5.96. The van der Waals surface area contributed by atoms with Crippen molar-refractivity contribution in [3.8, 4) is 33.3 Å². The van der Waals surface area contributed by atoms with E-state index < -0.39 is 11.6 Å². The van der Waals surface area contributed by atoms with E-state index in [4.69, 9.17) is 10.5 Å². The number of aromatic nitrogens is 5. The summed E-state index contributed by atoms with van der Waals surface area (Å²) in [6.07, 6.45) is 3.94. The van der Waals surface area contributed by atoms with E-state index in [9.17, 15) is 8.78 Å². The molecule has 34 heavy (non-hydrogen) atoms. The zero-order valence-electron chi connectivity index (χ0n) is 18.7. The first kappa shape index (κ1) is 22.4. The fourth-order valence-corrected chi connectivity index (χ4v) is 5.60. The predicted molar refractivity (Wildman–Crippen MR) is 126 cm³/mol. The summed E-state index contributed by atoms with van der Waals surface area (Å²) in [6, 6.07) is 6.65. The van der Waals surface area contributed by atoms with Gasteiger partial charge >= 0.3 is 0 Å². The molecule has 176 valence electrons. The van der Waals surface area contributed by atoms with Crippen molar-refractivity contribution in [2.45, 2.75) is 25.7 Å². The number of pyridine rings is 1. The van der Waals surface area contributed by atoms with Gasteiger partial charge in [0.05, 0.1) is 12.7 Å². The van der Waals surface area contributed by atoms with E-state index in [1.165, 1.54) is 29.7 Å². The van der Waals surface area contributed by atoms with Gasteiger partial charge in [-0.1, -0.05) is 0 Å². The lowest BCUT2D eigenvalue weighted by molar-refractivity contribution is 0.371. The van der Waals surface area contributed by atoms with Gasteiger partial charge in [0.25, 0.3) is 0 Å². The second kappa shape index (κ2) is 9.07. The van der Waals surface area contributed by atoms with Crippen LogP contribution in [0.5, 0.6) is 5.75 Å². The highest BCUT2D eigenvalue weighted by Gasteiger charge is 2.23. The van der Waals surface area contributed by atoms with Crippen molar-refractivity contribution in [2.24, 2.45) is 0 Å². The molecular formula is C23H23F2N7OS. The maximum absolute atomic E-state index is 14.8. The van der Waals surface area contributed by atoms with Gasteiger partial charge in [-0.05, 0) is 79.0 Å². The summed E-state index contributed by atoms with van der Waals surface area (Å²) in [7, 11) is 1.26. The number of nitrogens with two attached hydrogens (primary N) is 1. The normalized spacial score (nSPS) is 14.5. The van der Waals surface area contributed by atoms with Gasteiger partial charge < -0.3 is 15.8 Å². The third kappa shape index (κ3) is 3.90. The van der Waals surface area contributed by atoms with Crippen LogP contribution < -0.4 is 15.8 Å². The molecule has 8 nitrogen and oxygen atoms in total. The maximum Gasteiger partial charge on any atom is 0.202 e. The molecule has 0 unspecified atom stereocenters. The van der Waals surface area contributed by atoms with Gasteiger partial charge in [-0.3, -0.25) is 0 Å². The van der Waals surface area contributed by atoms with Gasteiger partial charge in [-0.25, -0.2) is 9.37 Å². The number of rotatable bonds is 5. The molecule has 3 N–H and O–H groups in total. The molecule has 1 saturated heterocycles. The number of tetrazole rings is 1. The molecule has 4 aromatic rings. The summed E-state index contributed by atoms with van der Waals surface area (Å²) in [5, 5.41) is 15.0. The van der Waals surface area contributed by atoms with E-state index in [1.807, 2.05) is 6.07 Å². The summed E-state index contributed by atoms with van der Waals surface area (Å²) in [5.41, 5.74) is 8.53. The fourth-order valence-electron chi connectivity index (χ4n) is 4.28. The number of piperidine rings is 1. The number of nitrogens with one attached hydrogen (secondary N) is 1.